The Morgan fingerprint density at radius 2 is 2.00 bits per heavy atom. The van der Waals surface area contributed by atoms with E-state index in [1.54, 1.807) is 0 Å². The van der Waals surface area contributed by atoms with E-state index in [9.17, 15) is 10.2 Å². The summed E-state index contributed by atoms with van der Waals surface area (Å²) in [7, 11) is 0. The number of benzene rings is 1. The van der Waals surface area contributed by atoms with E-state index in [1.807, 2.05) is 37.3 Å². The molecule has 2 unspecified atom stereocenters. The zero-order chi connectivity index (χ0) is 13.0. The number of aliphatic hydroxyl groups is 2. The standard InChI is InChI=1S/C16H20O2/c1-13(11-17)14-7-3-4-8-15(14)16(12-18)9-5-2-6-10-16/h2-9,13,17-18H,10-12H2,1H3. The van der Waals surface area contributed by atoms with E-state index in [4.69, 9.17) is 0 Å². The van der Waals surface area contributed by atoms with Crippen molar-refractivity contribution in [2.75, 3.05) is 13.2 Å². The second-order valence-electron chi connectivity index (χ2n) is 4.98. The molecule has 2 heteroatoms. The lowest BCUT2D eigenvalue weighted by atomic mass is 9.72. The summed E-state index contributed by atoms with van der Waals surface area (Å²) in [5, 5.41) is 19.2. The molecule has 0 amide bonds. The van der Waals surface area contributed by atoms with E-state index in [1.165, 1.54) is 0 Å². The molecule has 18 heavy (non-hydrogen) atoms. The molecule has 0 spiro atoms. The molecular formula is C16H20O2. The van der Waals surface area contributed by atoms with Gasteiger partial charge in [-0.1, -0.05) is 55.5 Å². The predicted octanol–water partition coefficient (Wildman–Crippen LogP) is 2.53. The monoisotopic (exact) mass is 244 g/mol. The van der Waals surface area contributed by atoms with Gasteiger partial charge in [0.2, 0.25) is 0 Å². The third-order valence-corrected chi connectivity index (χ3v) is 3.73. The Morgan fingerprint density at radius 3 is 2.61 bits per heavy atom. The summed E-state index contributed by atoms with van der Waals surface area (Å²) in [6.07, 6.45) is 8.94. The number of rotatable bonds is 4. The molecule has 0 aliphatic heterocycles. The highest BCUT2D eigenvalue weighted by molar-refractivity contribution is 5.43. The van der Waals surface area contributed by atoms with Gasteiger partial charge in [-0.05, 0) is 17.5 Å². The first-order valence-electron chi connectivity index (χ1n) is 6.39. The molecule has 1 aromatic carbocycles. The van der Waals surface area contributed by atoms with E-state index in [-0.39, 0.29) is 24.5 Å². The molecule has 0 saturated heterocycles. The zero-order valence-electron chi connectivity index (χ0n) is 10.7. The summed E-state index contributed by atoms with van der Waals surface area (Å²) in [6.45, 7) is 2.22. The fourth-order valence-corrected chi connectivity index (χ4v) is 2.55. The third kappa shape index (κ3) is 2.26. The second kappa shape index (κ2) is 5.51. The molecule has 0 heterocycles. The van der Waals surface area contributed by atoms with Crippen LogP contribution in [-0.2, 0) is 5.41 Å². The highest BCUT2D eigenvalue weighted by Crippen LogP contribution is 2.36. The van der Waals surface area contributed by atoms with Crippen molar-refractivity contribution in [1.29, 1.82) is 0 Å². The van der Waals surface area contributed by atoms with Crippen LogP contribution >= 0.6 is 0 Å². The van der Waals surface area contributed by atoms with Gasteiger partial charge in [0.15, 0.2) is 0 Å². The van der Waals surface area contributed by atoms with Crippen molar-refractivity contribution in [2.24, 2.45) is 0 Å². The number of hydrogen-bond donors (Lipinski definition) is 2. The van der Waals surface area contributed by atoms with Crippen LogP contribution in [-0.4, -0.2) is 23.4 Å². The first-order chi connectivity index (χ1) is 8.73. The molecule has 0 fully saturated rings. The first kappa shape index (κ1) is 13.1. The average Bonchev–Trinajstić information content (AvgIpc) is 2.47. The lowest BCUT2D eigenvalue weighted by Gasteiger charge is -2.33. The van der Waals surface area contributed by atoms with Crippen LogP contribution in [0.2, 0.25) is 0 Å². The molecule has 1 aliphatic rings. The molecule has 0 radical (unpaired) electrons. The van der Waals surface area contributed by atoms with E-state index in [0.717, 1.165) is 17.5 Å². The third-order valence-electron chi connectivity index (χ3n) is 3.73. The lowest BCUT2D eigenvalue weighted by Crippen LogP contribution is -2.30. The number of aliphatic hydroxyl groups excluding tert-OH is 2. The normalized spacial score (nSPS) is 24.2. The maximum atomic E-state index is 9.83. The summed E-state index contributed by atoms with van der Waals surface area (Å²) in [5.41, 5.74) is 1.90. The molecule has 2 nitrogen and oxygen atoms in total. The molecule has 0 bridgehead atoms. The average molecular weight is 244 g/mol. The van der Waals surface area contributed by atoms with Crippen LogP contribution in [0.15, 0.2) is 48.6 Å². The van der Waals surface area contributed by atoms with E-state index in [0.29, 0.717) is 0 Å². The van der Waals surface area contributed by atoms with Crippen molar-refractivity contribution in [3.8, 4) is 0 Å². The van der Waals surface area contributed by atoms with Gasteiger partial charge in [0.05, 0.1) is 6.61 Å². The second-order valence-corrected chi connectivity index (χ2v) is 4.98. The van der Waals surface area contributed by atoms with Gasteiger partial charge >= 0.3 is 0 Å². The maximum Gasteiger partial charge on any atom is 0.0566 e. The highest BCUT2D eigenvalue weighted by Gasteiger charge is 2.31. The smallest absolute Gasteiger partial charge is 0.0566 e. The quantitative estimate of drug-likeness (QED) is 0.854. The summed E-state index contributed by atoms with van der Waals surface area (Å²) in [6, 6.07) is 8.08. The summed E-state index contributed by atoms with van der Waals surface area (Å²) >= 11 is 0. The predicted molar refractivity (Wildman–Crippen MR) is 73.6 cm³/mol. The number of allylic oxidation sites excluding steroid dienone is 3. The summed E-state index contributed by atoms with van der Waals surface area (Å²) in [4.78, 5) is 0. The van der Waals surface area contributed by atoms with Crippen LogP contribution in [0.4, 0.5) is 0 Å². The van der Waals surface area contributed by atoms with Crippen LogP contribution in [0.1, 0.15) is 30.4 Å². The van der Waals surface area contributed by atoms with Crippen molar-refractivity contribution in [1.82, 2.24) is 0 Å². The highest BCUT2D eigenvalue weighted by atomic mass is 16.3. The fourth-order valence-electron chi connectivity index (χ4n) is 2.55. The SMILES string of the molecule is CC(CO)c1ccccc1C1(CO)C=CC=CC1. The fraction of sp³-hybridized carbons (Fsp3) is 0.375. The van der Waals surface area contributed by atoms with Crippen molar-refractivity contribution in [3.63, 3.8) is 0 Å². The van der Waals surface area contributed by atoms with Crippen LogP contribution in [0.5, 0.6) is 0 Å². The van der Waals surface area contributed by atoms with Gasteiger partial charge in [0.25, 0.3) is 0 Å². The molecule has 0 saturated carbocycles. The molecule has 2 atom stereocenters. The van der Waals surface area contributed by atoms with Crippen molar-refractivity contribution in [3.05, 3.63) is 59.7 Å². The van der Waals surface area contributed by atoms with Gasteiger partial charge in [-0.3, -0.25) is 0 Å². The van der Waals surface area contributed by atoms with Gasteiger partial charge in [0, 0.05) is 17.9 Å². The van der Waals surface area contributed by atoms with Crippen LogP contribution in [0.25, 0.3) is 0 Å². The van der Waals surface area contributed by atoms with Crippen molar-refractivity contribution < 1.29 is 10.2 Å². The Hall–Kier alpha value is -1.38. The molecular weight excluding hydrogens is 224 g/mol. The minimum Gasteiger partial charge on any atom is -0.396 e. The molecule has 2 rings (SSSR count). The van der Waals surface area contributed by atoms with Crippen LogP contribution in [0, 0.1) is 0 Å². The van der Waals surface area contributed by atoms with Gasteiger partial charge in [-0.15, -0.1) is 0 Å². The lowest BCUT2D eigenvalue weighted by molar-refractivity contribution is 0.222. The maximum absolute atomic E-state index is 9.83. The summed E-state index contributed by atoms with van der Waals surface area (Å²) < 4.78 is 0. The van der Waals surface area contributed by atoms with E-state index < -0.39 is 0 Å². The molecule has 2 N–H and O–H groups in total. The van der Waals surface area contributed by atoms with Crippen molar-refractivity contribution >= 4 is 0 Å². The van der Waals surface area contributed by atoms with Crippen LogP contribution < -0.4 is 0 Å². The Kier molecular flexibility index (Phi) is 4.00. The minimum absolute atomic E-state index is 0.0863. The van der Waals surface area contributed by atoms with Gasteiger partial charge in [-0.25, -0.2) is 0 Å². The zero-order valence-corrected chi connectivity index (χ0v) is 10.7. The molecule has 0 aromatic heterocycles. The number of hydrogen-bond acceptors (Lipinski definition) is 2. The Bertz CT molecular complexity index is 462. The van der Waals surface area contributed by atoms with E-state index in [2.05, 4.69) is 18.2 Å². The van der Waals surface area contributed by atoms with Gasteiger partial charge in [-0.2, -0.15) is 0 Å². The van der Waals surface area contributed by atoms with E-state index >= 15 is 0 Å². The molecule has 96 valence electrons. The van der Waals surface area contributed by atoms with Crippen molar-refractivity contribution in [2.45, 2.75) is 24.7 Å². The summed E-state index contributed by atoms with van der Waals surface area (Å²) in [5.74, 6) is 0.0870. The van der Waals surface area contributed by atoms with Gasteiger partial charge in [0.1, 0.15) is 0 Å². The molecule has 1 aliphatic carbocycles. The Morgan fingerprint density at radius 1 is 1.22 bits per heavy atom. The topological polar surface area (TPSA) is 40.5 Å². The Labute approximate surface area is 108 Å². The minimum atomic E-state index is -0.339. The Balaban J connectivity index is 2.49. The first-order valence-corrected chi connectivity index (χ1v) is 6.39. The van der Waals surface area contributed by atoms with Gasteiger partial charge < -0.3 is 10.2 Å². The molecule has 1 aromatic rings. The largest absolute Gasteiger partial charge is 0.396 e. The van der Waals surface area contributed by atoms with Crippen LogP contribution in [0.3, 0.4) is 0 Å².